The van der Waals surface area contributed by atoms with Crippen LogP contribution >= 0.6 is 15.9 Å². The molecule has 2 aromatic rings. The molecule has 0 saturated carbocycles. The molecule has 136 valence electrons. The Morgan fingerprint density at radius 2 is 2.04 bits per heavy atom. The number of carbonyl (C=O) groups excluding carboxylic acids is 1. The number of benzene rings is 1. The Morgan fingerprint density at radius 3 is 2.64 bits per heavy atom. The Labute approximate surface area is 156 Å². The number of aromatic nitrogens is 2. The smallest absolute Gasteiger partial charge is 0.254 e. The lowest BCUT2D eigenvalue weighted by atomic mass is 10.1. The van der Waals surface area contributed by atoms with Gasteiger partial charge in [-0.1, -0.05) is 22.0 Å². The van der Waals surface area contributed by atoms with E-state index < -0.39 is 15.6 Å². The minimum absolute atomic E-state index is 0.153. The van der Waals surface area contributed by atoms with Gasteiger partial charge in [-0.25, -0.2) is 17.8 Å². The number of nitrogens with one attached hydrogen (secondary N) is 2. The average Bonchev–Trinajstić information content (AvgIpc) is 2.84. The van der Waals surface area contributed by atoms with E-state index >= 15 is 0 Å². The van der Waals surface area contributed by atoms with Gasteiger partial charge in [0.05, 0.1) is 29.4 Å². The highest BCUT2D eigenvalue weighted by Crippen LogP contribution is 2.18. The molecule has 1 aromatic heterocycles. The van der Waals surface area contributed by atoms with Gasteiger partial charge in [-0.2, -0.15) is 5.10 Å². The van der Waals surface area contributed by atoms with Gasteiger partial charge in [0.15, 0.2) is 0 Å². The predicted molar refractivity (Wildman–Crippen MR) is 100 cm³/mol. The van der Waals surface area contributed by atoms with Crippen LogP contribution < -0.4 is 10.0 Å². The van der Waals surface area contributed by atoms with Gasteiger partial charge in [0.1, 0.15) is 0 Å². The minimum atomic E-state index is -3.36. The lowest BCUT2D eigenvalue weighted by Gasteiger charge is -2.25. The van der Waals surface area contributed by atoms with Crippen LogP contribution in [0.4, 0.5) is 0 Å². The number of rotatable bonds is 6. The largest absolute Gasteiger partial charge is 0.350 e. The van der Waals surface area contributed by atoms with Crippen LogP contribution in [0, 0.1) is 6.92 Å². The van der Waals surface area contributed by atoms with Crippen molar-refractivity contribution in [3.63, 3.8) is 0 Å². The number of hydrogen-bond donors (Lipinski definition) is 2. The van der Waals surface area contributed by atoms with Gasteiger partial charge in [-0.05, 0) is 39.0 Å². The molecule has 2 rings (SSSR count). The molecule has 0 aliphatic rings. The van der Waals surface area contributed by atoms with Crippen LogP contribution in [0.5, 0.6) is 0 Å². The summed E-state index contributed by atoms with van der Waals surface area (Å²) in [7, 11) is -3.36. The second-order valence-corrected chi connectivity index (χ2v) is 9.14. The Morgan fingerprint density at radius 1 is 1.36 bits per heavy atom. The molecule has 0 bridgehead atoms. The number of carbonyl (C=O) groups is 1. The first kappa shape index (κ1) is 19.6. The normalized spacial score (nSPS) is 12.2. The summed E-state index contributed by atoms with van der Waals surface area (Å²) in [6.45, 7) is 5.36. The molecule has 0 aliphatic carbocycles. The van der Waals surface area contributed by atoms with E-state index in [0.29, 0.717) is 11.3 Å². The highest BCUT2D eigenvalue weighted by atomic mass is 79.9. The molecule has 2 N–H and O–H groups in total. The van der Waals surface area contributed by atoms with Crippen molar-refractivity contribution in [3.05, 3.63) is 46.2 Å². The lowest BCUT2D eigenvalue weighted by molar-refractivity contribution is 0.0944. The molecule has 0 fully saturated rings. The molecule has 0 unspecified atom stereocenters. The van der Waals surface area contributed by atoms with Crippen molar-refractivity contribution in [3.8, 4) is 5.69 Å². The number of amides is 1. The van der Waals surface area contributed by atoms with Gasteiger partial charge in [0, 0.05) is 16.6 Å². The number of hydrogen-bond acceptors (Lipinski definition) is 4. The van der Waals surface area contributed by atoms with Crippen molar-refractivity contribution in [1.29, 1.82) is 0 Å². The Hall–Kier alpha value is -1.71. The molecule has 0 spiro atoms. The zero-order valence-electron chi connectivity index (χ0n) is 14.5. The van der Waals surface area contributed by atoms with Gasteiger partial charge < -0.3 is 5.32 Å². The van der Waals surface area contributed by atoms with Crippen LogP contribution in [0.25, 0.3) is 5.69 Å². The van der Waals surface area contributed by atoms with E-state index in [1.165, 1.54) is 6.20 Å². The fourth-order valence-corrected chi connectivity index (χ4v) is 3.90. The third kappa shape index (κ3) is 5.38. The molecule has 9 heteroatoms. The monoisotopic (exact) mass is 428 g/mol. The summed E-state index contributed by atoms with van der Waals surface area (Å²) in [5.74, 6) is -0.304. The second kappa shape index (κ2) is 7.27. The zero-order chi connectivity index (χ0) is 18.8. The van der Waals surface area contributed by atoms with Crippen molar-refractivity contribution < 1.29 is 13.2 Å². The molecule has 1 heterocycles. The average molecular weight is 429 g/mol. The SMILES string of the molecule is Cc1c(C(=O)NCC(C)(C)NS(C)(=O)=O)cnn1-c1cccc(Br)c1. The Balaban J connectivity index is 2.13. The fourth-order valence-electron chi connectivity index (χ4n) is 2.44. The van der Waals surface area contributed by atoms with Crippen LogP contribution in [0.15, 0.2) is 34.9 Å². The standard InChI is InChI=1S/C16H21BrN4O3S/c1-11-14(9-19-21(11)13-7-5-6-12(17)8-13)15(22)18-10-16(2,3)20-25(4,23)24/h5-9,20H,10H2,1-4H3,(H,18,22). The number of halogens is 1. The predicted octanol–water partition coefficient (Wildman–Crippen LogP) is 2.00. The van der Waals surface area contributed by atoms with E-state index in [1.807, 2.05) is 31.2 Å². The van der Waals surface area contributed by atoms with Gasteiger partial charge in [0.2, 0.25) is 10.0 Å². The summed E-state index contributed by atoms with van der Waals surface area (Å²) >= 11 is 3.41. The van der Waals surface area contributed by atoms with Gasteiger partial charge in [-0.15, -0.1) is 0 Å². The van der Waals surface area contributed by atoms with Crippen LogP contribution in [0.3, 0.4) is 0 Å². The first-order valence-corrected chi connectivity index (χ1v) is 10.2. The summed E-state index contributed by atoms with van der Waals surface area (Å²) in [5, 5.41) is 7.03. The van der Waals surface area contributed by atoms with E-state index in [-0.39, 0.29) is 12.5 Å². The number of nitrogens with zero attached hydrogens (tertiary/aromatic N) is 2. The van der Waals surface area contributed by atoms with E-state index in [1.54, 1.807) is 18.5 Å². The van der Waals surface area contributed by atoms with E-state index in [4.69, 9.17) is 0 Å². The Bertz CT molecular complexity index is 891. The maximum Gasteiger partial charge on any atom is 0.254 e. The van der Waals surface area contributed by atoms with Crippen molar-refractivity contribution >= 4 is 31.9 Å². The van der Waals surface area contributed by atoms with Crippen LogP contribution in [-0.2, 0) is 10.0 Å². The van der Waals surface area contributed by atoms with Crippen LogP contribution in [-0.4, -0.2) is 42.4 Å². The molecule has 0 aliphatic heterocycles. The first-order chi connectivity index (χ1) is 11.5. The third-order valence-corrected chi connectivity index (χ3v) is 4.88. The molecule has 1 aromatic carbocycles. The maximum absolute atomic E-state index is 12.4. The topological polar surface area (TPSA) is 93.1 Å². The van der Waals surface area contributed by atoms with Crippen molar-refractivity contribution in [2.75, 3.05) is 12.8 Å². The molecule has 1 amide bonds. The van der Waals surface area contributed by atoms with E-state index in [9.17, 15) is 13.2 Å². The van der Waals surface area contributed by atoms with E-state index in [0.717, 1.165) is 16.4 Å². The van der Waals surface area contributed by atoms with Crippen LogP contribution in [0.1, 0.15) is 29.9 Å². The quantitative estimate of drug-likeness (QED) is 0.735. The van der Waals surface area contributed by atoms with Gasteiger partial charge >= 0.3 is 0 Å². The maximum atomic E-state index is 12.4. The molecular formula is C16H21BrN4O3S. The molecule has 7 nitrogen and oxygen atoms in total. The zero-order valence-corrected chi connectivity index (χ0v) is 16.9. The first-order valence-electron chi connectivity index (χ1n) is 7.56. The molecule has 25 heavy (non-hydrogen) atoms. The molecule has 0 radical (unpaired) electrons. The van der Waals surface area contributed by atoms with Gasteiger partial charge in [0.25, 0.3) is 5.91 Å². The molecule has 0 saturated heterocycles. The van der Waals surface area contributed by atoms with Gasteiger partial charge in [-0.3, -0.25) is 4.79 Å². The minimum Gasteiger partial charge on any atom is -0.350 e. The fraction of sp³-hybridized carbons (Fsp3) is 0.375. The Kier molecular flexibility index (Phi) is 5.70. The summed E-state index contributed by atoms with van der Waals surface area (Å²) < 4.78 is 27.8. The van der Waals surface area contributed by atoms with Crippen molar-refractivity contribution in [1.82, 2.24) is 19.8 Å². The lowest BCUT2D eigenvalue weighted by Crippen LogP contribution is -2.51. The summed E-state index contributed by atoms with van der Waals surface area (Å²) in [6.07, 6.45) is 2.59. The van der Waals surface area contributed by atoms with Crippen molar-refractivity contribution in [2.45, 2.75) is 26.3 Å². The highest BCUT2D eigenvalue weighted by molar-refractivity contribution is 9.10. The molecular weight excluding hydrogens is 408 g/mol. The summed E-state index contributed by atoms with van der Waals surface area (Å²) in [5.41, 5.74) is 1.18. The molecule has 0 atom stereocenters. The highest BCUT2D eigenvalue weighted by Gasteiger charge is 2.24. The third-order valence-electron chi connectivity index (χ3n) is 3.46. The van der Waals surface area contributed by atoms with Crippen LogP contribution in [0.2, 0.25) is 0 Å². The van der Waals surface area contributed by atoms with Crippen molar-refractivity contribution in [2.24, 2.45) is 0 Å². The van der Waals surface area contributed by atoms with E-state index in [2.05, 4.69) is 31.1 Å². The second-order valence-electron chi connectivity index (χ2n) is 6.48. The summed E-state index contributed by atoms with van der Waals surface area (Å²) in [4.78, 5) is 12.4. The number of sulfonamides is 1. The summed E-state index contributed by atoms with van der Waals surface area (Å²) in [6, 6.07) is 7.60.